The van der Waals surface area contributed by atoms with Crippen molar-refractivity contribution in [3.8, 4) is 5.75 Å². The molecule has 0 radical (unpaired) electrons. The molecular formula is C29H27BrCl2N4O2. The molecule has 9 heteroatoms. The van der Waals surface area contributed by atoms with E-state index in [1.807, 2.05) is 47.9 Å². The zero-order chi connectivity index (χ0) is 26.6. The van der Waals surface area contributed by atoms with Gasteiger partial charge in [-0.3, -0.25) is 9.47 Å². The largest absolute Gasteiger partial charge is 0.493 e. The summed E-state index contributed by atoms with van der Waals surface area (Å²) >= 11 is 15.7. The molecule has 2 aromatic carbocycles. The van der Waals surface area contributed by atoms with Crippen LogP contribution in [0.3, 0.4) is 0 Å². The van der Waals surface area contributed by atoms with Gasteiger partial charge in [-0.2, -0.15) is 0 Å². The van der Waals surface area contributed by atoms with E-state index in [1.165, 1.54) is 0 Å². The fourth-order valence-electron chi connectivity index (χ4n) is 4.79. The first kappa shape index (κ1) is 26.8. The van der Waals surface area contributed by atoms with Crippen molar-refractivity contribution in [2.75, 3.05) is 19.7 Å². The number of carbonyl (C=O) groups excluding carboxylic acids is 1. The van der Waals surface area contributed by atoms with Crippen molar-refractivity contribution in [3.63, 3.8) is 0 Å². The van der Waals surface area contributed by atoms with Gasteiger partial charge in [0.2, 0.25) is 0 Å². The highest BCUT2D eigenvalue weighted by Gasteiger charge is 2.27. The van der Waals surface area contributed by atoms with Crippen LogP contribution in [0.2, 0.25) is 10.2 Å². The molecule has 6 nitrogen and oxygen atoms in total. The zero-order valence-electron chi connectivity index (χ0n) is 20.9. The van der Waals surface area contributed by atoms with Gasteiger partial charge in [0.25, 0.3) is 0 Å². The second-order valence-corrected chi connectivity index (χ2v) is 10.8. The molecule has 0 spiro atoms. The lowest BCUT2D eigenvalue weighted by atomic mass is 10.0. The van der Waals surface area contributed by atoms with E-state index in [1.54, 1.807) is 12.3 Å². The summed E-state index contributed by atoms with van der Waals surface area (Å²) in [5.74, 6) is 0.715. The monoisotopic (exact) mass is 612 g/mol. The van der Waals surface area contributed by atoms with E-state index in [9.17, 15) is 4.79 Å². The minimum Gasteiger partial charge on any atom is -0.493 e. The third-order valence-corrected chi connectivity index (χ3v) is 7.64. The molecule has 196 valence electrons. The quantitative estimate of drug-likeness (QED) is 0.222. The first-order valence-corrected chi connectivity index (χ1v) is 14.0. The maximum Gasteiger partial charge on any atom is 0.326 e. The summed E-state index contributed by atoms with van der Waals surface area (Å²) in [5, 5.41) is 5.23. The highest BCUT2D eigenvalue weighted by Crippen LogP contribution is 2.37. The van der Waals surface area contributed by atoms with Crippen LogP contribution in [-0.4, -0.2) is 40.2 Å². The molecule has 3 heterocycles. The van der Waals surface area contributed by atoms with Gasteiger partial charge in [-0.1, -0.05) is 47.5 Å². The summed E-state index contributed by atoms with van der Waals surface area (Å²) in [6.07, 6.45) is 6.68. The highest BCUT2D eigenvalue weighted by molar-refractivity contribution is 9.10. The third-order valence-electron chi connectivity index (χ3n) is 6.56. The lowest BCUT2D eigenvalue weighted by molar-refractivity contribution is 0.240. The molecule has 1 aliphatic rings. The van der Waals surface area contributed by atoms with Crippen molar-refractivity contribution < 1.29 is 9.53 Å². The topological polar surface area (TPSA) is 59.4 Å². The minimum atomic E-state index is -0.176. The van der Waals surface area contributed by atoms with Crippen molar-refractivity contribution in [2.45, 2.75) is 26.4 Å². The molecular weight excluding hydrogens is 587 g/mol. The van der Waals surface area contributed by atoms with Gasteiger partial charge < -0.3 is 10.1 Å². The molecule has 0 saturated carbocycles. The Bertz CT molecular complexity index is 1500. The molecule has 38 heavy (non-hydrogen) atoms. The highest BCUT2D eigenvalue weighted by atomic mass is 79.9. The Morgan fingerprint density at radius 2 is 2.00 bits per heavy atom. The van der Waals surface area contributed by atoms with E-state index >= 15 is 0 Å². The third kappa shape index (κ3) is 5.91. The standard InChI is InChI=1S/C29H27BrCl2N4O2/c1-2-38-27-16-26-22(15-24(27)30)23-18-35(12-3-4-19-5-7-21(31)8-6-19)13-10-25(23)36(26)29(37)34-17-20-9-11-33-28(32)14-20/h3-9,11,14-16H,2,10,12-13,17-18H2,1H3,(H,34,37)/b4-3+. The molecule has 0 saturated heterocycles. The number of ether oxygens (including phenoxy) is 1. The van der Waals surface area contributed by atoms with Crippen molar-refractivity contribution in [3.05, 3.63) is 97.8 Å². The first-order valence-electron chi connectivity index (χ1n) is 12.4. The fourth-order valence-corrected chi connectivity index (χ4v) is 5.57. The Morgan fingerprint density at radius 1 is 1.18 bits per heavy atom. The molecule has 5 rings (SSSR count). The lowest BCUT2D eigenvalue weighted by Gasteiger charge is -2.27. The second kappa shape index (κ2) is 11.9. The number of carbonyl (C=O) groups is 1. The SMILES string of the molecule is CCOc1cc2c(cc1Br)c1c(n2C(=O)NCc2ccnc(Cl)c2)CCN(C/C=C/c2ccc(Cl)cc2)C1. The molecule has 0 atom stereocenters. The Balaban J connectivity index is 1.43. The molecule has 0 bridgehead atoms. The van der Waals surface area contributed by atoms with E-state index in [0.717, 1.165) is 68.8 Å². The number of nitrogens with one attached hydrogen (secondary N) is 1. The van der Waals surface area contributed by atoms with Gasteiger partial charge in [0, 0.05) is 61.0 Å². The van der Waals surface area contributed by atoms with Gasteiger partial charge in [-0.15, -0.1) is 0 Å². The summed E-state index contributed by atoms with van der Waals surface area (Å²) in [6, 6.07) is 15.2. The number of benzene rings is 2. The lowest BCUT2D eigenvalue weighted by Crippen LogP contribution is -2.34. The molecule has 0 unspecified atom stereocenters. The van der Waals surface area contributed by atoms with Crippen LogP contribution in [0, 0.1) is 0 Å². The van der Waals surface area contributed by atoms with Crippen LogP contribution in [0.5, 0.6) is 5.75 Å². The fraction of sp³-hybridized carbons (Fsp3) is 0.241. The van der Waals surface area contributed by atoms with Crippen LogP contribution < -0.4 is 10.1 Å². The number of pyridine rings is 1. The average molecular weight is 614 g/mol. The molecule has 0 aliphatic carbocycles. The van der Waals surface area contributed by atoms with Gasteiger partial charge >= 0.3 is 6.03 Å². The molecule has 1 aliphatic heterocycles. The maximum absolute atomic E-state index is 13.6. The molecule has 4 aromatic rings. The van der Waals surface area contributed by atoms with Crippen LogP contribution in [-0.2, 0) is 19.5 Å². The second-order valence-electron chi connectivity index (χ2n) is 9.08. The number of nitrogens with zero attached hydrogens (tertiary/aromatic N) is 3. The van der Waals surface area contributed by atoms with E-state index in [-0.39, 0.29) is 6.03 Å². The van der Waals surface area contributed by atoms with Gasteiger partial charge in [0.1, 0.15) is 10.9 Å². The molecule has 1 N–H and O–H groups in total. The van der Waals surface area contributed by atoms with Crippen LogP contribution in [0.1, 0.15) is 29.3 Å². The number of aromatic nitrogens is 2. The summed E-state index contributed by atoms with van der Waals surface area (Å²) in [6.45, 7) is 5.24. The summed E-state index contributed by atoms with van der Waals surface area (Å²) in [7, 11) is 0. The van der Waals surface area contributed by atoms with Crippen molar-refractivity contribution >= 4 is 62.1 Å². The Morgan fingerprint density at radius 3 is 2.76 bits per heavy atom. The predicted molar refractivity (Wildman–Crippen MR) is 157 cm³/mol. The number of halogens is 3. The Kier molecular flexibility index (Phi) is 8.39. The predicted octanol–water partition coefficient (Wildman–Crippen LogP) is 7.33. The molecule has 2 aromatic heterocycles. The minimum absolute atomic E-state index is 0.176. The molecule has 0 fully saturated rings. The number of fused-ring (bicyclic) bond motifs is 3. The number of rotatable bonds is 7. The van der Waals surface area contributed by atoms with Crippen LogP contribution >= 0.6 is 39.1 Å². The van der Waals surface area contributed by atoms with Crippen molar-refractivity contribution in [2.24, 2.45) is 0 Å². The van der Waals surface area contributed by atoms with Crippen molar-refractivity contribution in [1.29, 1.82) is 0 Å². The normalized spacial score (nSPS) is 13.7. The first-order chi connectivity index (χ1) is 18.4. The average Bonchev–Trinajstić information content (AvgIpc) is 3.21. The number of amides is 1. The Hall–Kier alpha value is -2.84. The molecule has 1 amide bonds. The zero-order valence-corrected chi connectivity index (χ0v) is 24.0. The Labute approximate surface area is 240 Å². The van der Waals surface area contributed by atoms with Gasteiger partial charge in [0.15, 0.2) is 0 Å². The van der Waals surface area contributed by atoms with Gasteiger partial charge in [-0.05, 0) is 69.9 Å². The summed E-state index contributed by atoms with van der Waals surface area (Å²) < 4.78 is 8.52. The number of hydrogen-bond donors (Lipinski definition) is 1. The van der Waals surface area contributed by atoms with E-state index in [0.29, 0.717) is 24.1 Å². The van der Waals surface area contributed by atoms with E-state index in [4.69, 9.17) is 27.9 Å². The maximum atomic E-state index is 13.6. The summed E-state index contributed by atoms with van der Waals surface area (Å²) in [5.41, 5.74) is 5.04. The smallest absolute Gasteiger partial charge is 0.326 e. The van der Waals surface area contributed by atoms with Crippen LogP contribution in [0.25, 0.3) is 17.0 Å². The number of hydrogen-bond acceptors (Lipinski definition) is 4. The van der Waals surface area contributed by atoms with Crippen molar-refractivity contribution in [1.82, 2.24) is 19.8 Å². The van der Waals surface area contributed by atoms with Crippen LogP contribution in [0.15, 0.2) is 65.3 Å². The van der Waals surface area contributed by atoms with E-state index in [2.05, 4.69) is 49.3 Å². The van der Waals surface area contributed by atoms with Crippen LogP contribution in [0.4, 0.5) is 4.79 Å². The van der Waals surface area contributed by atoms with Gasteiger partial charge in [0.05, 0.1) is 16.6 Å². The summed E-state index contributed by atoms with van der Waals surface area (Å²) in [4.78, 5) is 20.0. The van der Waals surface area contributed by atoms with E-state index < -0.39 is 0 Å². The van der Waals surface area contributed by atoms with Gasteiger partial charge in [-0.25, -0.2) is 9.78 Å².